The fraction of sp³-hybridized carbons (Fsp3) is 0.682. The van der Waals surface area contributed by atoms with E-state index < -0.39 is 0 Å². The number of fused-ring (bicyclic) bond motifs is 1. The van der Waals surface area contributed by atoms with Crippen LogP contribution >= 0.6 is 0 Å². The number of benzene rings is 1. The molecule has 1 N–H and O–H groups in total. The van der Waals surface area contributed by atoms with Crippen LogP contribution in [0, 0.1) is 19.3 Å². The smallest absolute Gasteiger partial charge is 0.224 e. The molecule has 1 aromatic rings. The normalized spacial score (nSPS) is 13.9. The molecule has 1 amide bonds. The molecule has 0 fully saturated rings. The first-order chi connectivity index (χ1) is 11.7. The van der Waals surface area contributed by atoms with Crippen LogP contribution in [-0.2, 0) is 11.2 Å². The molecule has 0 aliphatic carbocycles. The van der Waals surface area contributed by atoms with Crippen LogP contribution in [0.4, 0.5) is 11.4 Å². The van der Waals surface area contributed by atoms with Crippen LogP contribution in [-0.4, -0.2) is 19.0 Å². The van der Waals surface area contributed by atoms with Crippen LogP contribution in [0.2, 0.25) is 0 Å². The van der Waals surface area contributed by atoms with Gasteiger partial charge in [-0.25, -0.2) is 0 Å². The second-order valence-electron chi connectivity index (χ2n) is 8.80. The molecule has 0 spiro atoms. The molecule has 3 heteroatoms. The number of unbranched alkanes of at least 4 members (excludes halogenated alkanes) is 3. The summed E-state index contributed by atoms with van der Waals surface area (Å²) < 4.78 is 0. The van der Waals surface area contributed by atoms with E-state index in [2.05, 4.69) is 57.8 Å². The van der Waals surface area contributed by atoms with Crippen molar-refractivity contribution in [3.63, 3.8) is 0 Å². The van der Waals surface area contributed by atoms with Gasteiger partial charge in [0, 0.05) is 19.5 Å². The zero-order chi connectivity index (χ0) is 18.6. The van der Waals surface area contributed by atoms with E-state index in [0.717, 1.165) is 25.2 Å². The van der Waals surface area contributed by atoms with Crippen molar-refractivity contribution in [2.24, 2.45) is 5.41 Å². The molecule has 2 rings (SSSR count). The quantitative estimate of drug-likeness (QED) is 0.651. The molecule has 1 aliphatic heterocycles. The molecule has 0 radical (unpaired) electrons. The lowest BCUT2D eigenvalue weighted by molar-refractivity contribution is -0.117. The highest BCUT2D eigenvalue weighted by Crippen LogP contribution is 2.40. The Morgan fingerprint density at radius 1 is 1.16 bits per heavy atom. The summed E-state index contributed by atoms with van der Waals surface area (Å²) in [5, 5.41) is 3.25. The molecule has 0 atom stereocenters. The number of hydrogen-bond acceptors (Lipinski definition) is 2. The number of anilines is 2. The van der Waals surface area contributed by atoms with Crippen molar-refractivity contribution in [2.45, 2.75) is 80.1 Å². The van der Waals surface area contributed by atoms with Gasteiger partial charge in [-0.3, -0.25) is 4.79 Å². The molecule has 140 valence electrons. The topological polar surface area (TPSA) is 32.3 Å². The Bertz CT molecular complexity index is 613. The van der Waals surface area contributed by atoms with Crippen molar-refractivity contribution >= 4 is 17.3 Å². The van der Waals surface area contributed by atoms with Crippen LogP contribution in [0.3, 0.4) is 0 Å². The van der Waals surface area contributed by atoms with Gasteiger partial charge in [0.2, 0.25) is 5.91 Å². The highest BCUT2D eigenvalue weighted by molar-refractivity contribution is 5.97. The van der Waals surface area contributed by atoms with Gasteiger partial charge in [-0.1, -0.05) is 53.0 Å². The number of aryl methyl sites for hydroxylation is 2. The van der Waals surface area contributed by atoms with Gasteiger partial charge in [0.1, 0.15) is 0 Å². The lowest BCUT2D eigenvalue weighted by Gasteiger charge is -2.25. The summed E-state index contributed by atoms with van der Waals surface area (Å²) in [6.07, 6.45) is 6.74. The first-order valence-electron chi connectivity index (χ1n) is 9.91. The summed E-state index contributed by atoms with van der Waals surface area (Å²) in [7, 11) is 0. The van der Waals surface area contributed by atoms with Crippen LogP contribution in [0.1, 0.15) is 76.5 Å². The van der Waals surface area contributed by atoms with E-state index in [0.29, 0.717) is 6.42 Å². The summed E-state index contributed by atoms with van der Waals surface area (Å²) in [4.78, 5) is 15.0. The number of carbonyl (C=O) groups excluding carboxylic acids is 1. The largest absolute Gasteiger partial charge is 0.369 e. The van der Waals surface area contributed by atoms with E-state index in [1.54, 1.807) is 0 Å². The second-order valence-corrected chi connectivity index (χ2v) is 8.80. The Balaban J connectivity index is 2.22. The van der Waals surface area contributed by atoms with Gasteiger partial charge in [-0.2, -0.15) is 0 Å². The Kier molecular flexibility index (Phi) is 6.53. The monoisotopic (exact) mass is 344 g/mol. The maximum Gasteiger partial charge on any atom is 0.224 e. The molecule has 0 bridgehead atoms. The molecule has 3 nitrogen and oxygen atoms in total. The van der Waals surface area contributed by atoms with Gasteiger partial charge in [0.05, 0.1) is 11.4 Å². The third kappa shape index (κ3) is 5.23. The second kappa shape index (κ2) is 8.25. The summed E-state index contributed by atoms with van der Waals surface area (Å²) >= 11 is 0. The van der Waals surface area contributed by atoms with E-state index in [9.17, 15) is 4.79 Å². The van der Waals surface area contributed by atoms with Crippen LogP contribution in [0.25, 0.3) is 0 Å². The van der Waals surface area contributed by atoms with Crippen LogP contribution < -0.4 is 10.2 Å². The Morgan fingerprint density at radius 3 is 2.52 bits per heavy atom. The van der Waals surface area contributed by atoms with E-state index in [1.165, 1.54) is 48.1 Å². The zero-order valence-corrected chi connectivity index (χ0v) is 17.1. The van der Waals surface area contributed by atoms with E-state index in [1.807, 2.05) is 0 Å². The third-order valence-corrected chi connectivity index (χ3v) is 5.01. The number of hydrogen-bond donors (Lipinski definition) is 1. The maximum absolute atomic E-state index is 12.5. The third-order valence-electron chi connectivity index (χ3n) is 5.01. The number of rotatable bonds is 7. The van der Waals surface area contributed by atoms with Gasteiger partial charge >= 0.3 is 0 Å². The fourth-order valence-corrected chi connectivity index (χ4v) is 3.81. The molecule has 1 aliphatic rings. The van der Waals surface area contributed by atoms with Crippen molar-refractivity contribution < 1.29 is 4.79 Å². The lowest BCUT2D eigenvalue weighted by atomic mass is 9.91. The van der Waals surface area contributed by atoms with Crippen molar-refractivity contribution in [3.8, 4) is 0 Å². The SMILES string of the molecule is CCCCCCN1CCc2c(C)cc(C)c(NC(=O)CC(C)(C)C)c21. The Morgan fingerprint density at radius 2 is 1.88 bits per heavy atom. The van der Waals surface area contributed by atoms with Gasteiger partial charge < -0.3 is 10.2 Å². The molecule has 0 saturated heterocycles. The fourth-order valence-electron chi connectivity index (χ4n) is 3.81. The number of nitrogens with zero attached hydrogens (tertiary/aromatic N) is 1. The van der Waals surface area contributed by atoms with Gasteiger partial charge in [0.25, 0.3) is 0 Å². The highest BCUT2D eigenvalue weighted by Gasteiger charge is 2.27. The standard InChI is InChI=1S/C22H36N2O/c1-7-8-9-10-12-24-13-11-18-16(2)14-17(3)20(21(18)24)23-19(25)15-22(4,5)6/h14H,7-13,15H2,1-6H3,(H,23,25). The number of carbonyl (C=O) groups is 1. The molecular formula is C22H36N2O. The summed E-state index contributed by atoms with van der Waals surface area (Å²) in [6.45, 7) is 15.1. The van der Waals surface area contributed by atoms with Crippen molar-refractivity contribution in [3.05, 3.63) is 22.8 Å². The average Bonchev–Trinajstić information content (AvgIpc) is 2.90. The molecule has 0 saturated carbocycles. The van der Waals surface area contributed by atoms with Crippen molar-refractivity contribution in [1.29, 1.82) is 0 Å². The first kappa shape index (κ1) is 19.8. The maximum atomic E-state index is 12.5. The number of amides is 1. The van der Waals surface area contributed by atoms with E-state index in [4.69, 9.17) is 0 Å². The minimum atomic E-state index is 0.00565. The van der Waals surface area contributed by atoms with Crippen molar-refractivity contribution in [1.82, 2.24) is 0 Å². The molecule has 1 aromatic carbocycles. The molecule has 25 heavy (non-hydrogen) atoms. The molecule has 0 unspecified atom stereocenters. The van der Waals surface area contributed by atoms with Crippen molar-refractivity contribution in [2.75, 3.05) is 23.3 Å². The average molecular weight is 345 g/mol. The minimum absolute atomic E-state index is 0.00565. The highest BCUT2D eigenvalue weighted by atomic mass is 16.1. The van der Waals surface area contributed by atoms with E-state index >= 15 is 0 Å². The number of nitrogens with one attached hydrogen (secondary N) is 1. The first-order valence-corrected chi connectivity index (χ1v) is 9.91. The predicted octanol–water partition coefficient (Wildman–Crippen LogP) is 5.62. The summed E-state index contributed by atoms with van der Waals surface area (Å²) in [5.74, 6) is 0.125. The van der Waals surface area contributed by atoms with Gasteiger partial charge in [-0.05, 0) is 48.8 Å². The molecular weight excluding hydrogens is 308 g/mol. The Labute approximate surface area is 154 Å². The van der Waals surface area contributed by atoms with E-state index in [-0.39, 0.29) is 11.3 Å². The Hall–Kier alpha value is -1.51. The van der Waals surface area contributed by atoms with Crippen LogP contribution in [0.15, 0.2) is 6.07 Å². The van der Waals surface area contributed by atoms with Gasteiger partial charge in [0.15, 0.2) is 0 Å². The lowest BCUT2D eigenvalue weighted by Crippen LogP contribution is -2.25. The molecule has 0 aromatic heterocycles. The molecule has 1 heterocycles. The summed E-state index contributed by atoms with van der Waals surface area (Å²) in [5.41, 5.74) is 6.30. The van der Waals surface area contributed by atoms with Gasteiger partial charge in [-0.15, -0.1) is 0 Å². The minimum Gasteiger partial charge on any atom is -0.369 e. The van der Waals surface area contributed by atoms with Crippen LogP contribution in [0.5, 0.6) is 0 Å². The predicted molar refractivity (Wildman–Crippen MR) is 109 cm³/mol. The summed E-state index contributed by atoms with van der Waals surface area (Å²) in [6, 6.07) is 2.23. The zero-order valence-electron chi connectivity index (χ0n) is 17.1.